The minimum Gasteiger partial charge on any atom is -0.493 e. The highest BCUT2D eigenvalue weighted by molar-refractivity contribution is 5.39. The van der Waals surface area contributed by atoms with Gasteiger partial charge in [0.15, 0.2) is 0 Å². The first-order valence-corrected chi connectivity index (χ1v) is 7.39. The van der Waals surface area contributed by atoms with Crippen LogP contribution in [-0.2, 0) is 0 Å². The average Bonchev–Trinajstić information content (AvgIpc) is 2.66. The van der Waals surface area contributed by atoms with Crippen molar-refractivity contribution in [3.63, 3.8) is 0 Å². The van der Waals surface area contributed by atoms with Crippen molar-refractivity contribution in [2.45, 2.75) is 26.7 Å². The maximum atomic E-state index is 5.95. The van der Waals surface area contributed by atoms with E-state index >= 15 is 0 Å². The average molecular weight is 262 g/mol. The largest absolute Gasteiger partial charge is 0.493 e. The molecule has 1 aliphatic heterocycles. The number of rotatable bonds is 5. The molecule has 0 atom stereocenters. The molecular weight excluding hydrogens is 236 g/mol. The summed E-state index contributed by atoms with van der Waals surface area (Å²) in [6, 6.07) is 6.31. The molecule has 1 aromatic carbocycles. The Kier molecular flexibility index (Phi) is 5.67. The minimum atomic E-state index is 0.815. The molecular formula is C16H26N2O. The molecule has 1 heterocycles. The van der Waals surface area contributed by atoms with Gasteiger partial charge in [-0.1, -0.05) is 18.2 Å². The van der Waals surface area contributed by atoms with Crippen LogP contribution in [0.2, 0.25) is 0 Å². The number of hydrogen-bond donors (Lipinski definition) is 1. The van der Waals surface area contributed by atoms with Crippen LogP contribution in [0.4, 0.5) is 0 Å². The van der Waals surface area contributed by atoms with Crippen molar-refractivity contribution < 1.29 is 4.74 Å². The molecule has 1 fully saturated rings. The Morgan fingerprint density at radius 1 is 1.16 bits per heavy atom. The number of hydrogen-bond acceptors (Lipinski definition) is 3. The number of para-hydroxylation sites is 1. The Bertz CT molecular complexity index is 364. The highest BCUT2D eigenvalue weighted by Crippen LogP contribution is 2.22. The van der Waals surface area contributed by atoms with E-state index in [2.05, 4.69) is 42.3 Å². The van der Waals surface area contributed by atoms with E-state index in [0.717, 1.165) is 38.4 Å². The lowest BCUT2D eigenvalue weighted by atomic mass is 10.1. The molecule has 3 nitrogen and oxygen atoms in total. The van der Waals surface area contributed by atoms with Crippen molar-refractivity contribution in [1.29, 1.82) is 0 Å². The molecule has 2 rings (SSSR count). The normalized spacial score (nSPS) is 17.2. The molecule has 0 saturated carbocycles. The Hall–Kier alpha value is -1.06. The van der Waals surface area contributed by atoms with Gasteiger partial charge in [0.25, 0.3) is 0 Å². The maximum Gasteiger partial charge on any atom is 0.125 e. The smallest absolute Gasteiger partial charge is 0.125 e. The molecule has 3 heteroatoms. The molecule has 0 bridgehead atoms. The van der Waals surface area contributed by atoms with Crippen LogP contribution < -0.4 is 10.1 Å². The predicted octanol–water partition coefficient (Wildman–Crippen LogP) is 2.37. The fourth-order valence-electron chi connectivity index (χ4n) is 2.61. The molecule has 0 amide bonds. The summed E-state index contributed by atoms with van der Waals surface area (Å²) in [6.45, 7) is 10.9. The second-order valence-corrected chi connectivity index (χ2v) is 5.37. The molecule has 0 spiro atoms. The summed E-state index contributed by atoms with van der Waals surface area (Å²) >= 11 is 0. The molecule has 1 aromatic rings. The van der Waals surface area contributed by atoms with Crippen molar-refractivity contribution >= 4 is 0 Å². The van der Waals surface area contributed by atoms with Crippen molar-refractivity contribution in [2.75, 3.05) is 39.3 Å². The van der Waals surface area contributed by atoms with E-state index in [-0.39, 0.29) is 0 Å². The van der Waals surface area contributed by atoms with Crippen LogP contribution in [0, 0.1) is 13.8 Å². The van der Waals surface area contributed by atoms with E-state index in [1.807, 2.05) is 0 Å². The summed E-state index contributed by atoms with van der Waals surface area (Å²) in [5.74, 6) is 1.07. The highest BCUT2D eigenvalue weighted by atomic mass is 16.5. The van der Waals surface area contributed by atoms with Gasteiger partial charge in [-0.3, -0.25) is 0 Å². The van der Waals surface area contributed by atoms with Gasteiger partial charge >= 0.3 is 0 Å². The minimum absolute atomic E-state index is 0.815. The van der Waals surface area contributed by atoms with Crippen LogP contribution in [0.15, 0.2) is 18.2 Å². The number of nitrogens with zero attached hydrogens (tertiary/aromatic N) is 1. The van der Waals surface area contributed by atoms with Crippen molar-refractivity contribution in [3.8, 4) is 5.75 Å². The molecule has 0 aromatic heterocycles. The monoisotopic (exact) mass is 262 g/mol. The lowest BCUT2D eigenvalue weighted by Gasteiger charge is -2.19. The summed E-state index contributed by atoms with van der Waals surface area (Å²) < 4.78 is 5.95. The zero-order valence-corrected chi connectivity index (χ0v) is 12.2. The fraction of sp³-hybridized carbons (Fsp3) is 0.625. The Morgan fingerprint density at radius 2 is 1.95 bits per heavy atom. The van der Waals surface area contributed by atoms with E-state index < -0.39 is 0 Å². The van der Waals surface area contributed by atoms with Crippen LogP contribution in [0.3, 0.4) is 0 Å². The number of nitrogens with one attached hydrogen (secondary N) is 1. The third-order valence-corrected chi connectivity index (χ3v) is 3.71. The van der Waals surface area contributed by atoms with E-state index in [0.29, 0.717) is 0 Å². The zero-order chi connectivity index (χ0) is 13.5. The molecule has 106 valence electrons. The second kappa shape index (κ2) is 7.51. The van der Waals surface area contributed by atoms with Gasteiger partial charge in [-0.05, 0) is 50.9 Å². The van der Waals surface area contributed by atoms with E-state index in [1.54, 1.807) is 0 Å². The summed E-state index contributed by atoms with van der Waals surface area (Å²) in [4.78, 5) is 2.54. The lowest BCUT2D eigenvalue weighted by Crippen LogP contribution is -2.29. The van der Waals surface area contributed by atoms with Crippen LogP contribution in [0.25, 0.3) is 0 Å². The number of benzene rings is 1. The van der Waals surface area contributed by atoms with Crippen molar-refractivity contribution in [1.82, 2.24) is 10.2 Å². The van der Waals surface area contributed by atoms with E-state index in [4.69, 9.17) is 4.74 Å². The summed E-state index contributed by atoms with van der Waals surface area (Å²) in [7, 11) is 0. The van der Waals surface area contributed by atoms with Crippen molar-refractivity contribution in [2.24, 2.45) is 0 Å². The van der Waals surface area contributed by atoms with Gasteiger partial charge in [0, 0.05) is 19.6 Å². The molecule has 1 N–H and O–H groups in total. The Morgan fingerprint density at radius 3 is 2.74 bits per heavy atom. The first kappa shape index (κ1) is 14.4. The van der Waals surface area contributed by atoms with Gasteiger partial charge in [0.2, 0.25) is 0 Å². The van der Waals surface area contributed by atoms with Gasteiger partial charge in [0.05, 0.1) is 6.61 Å². The molecule has 0 unspecified atom stereocenters. The van der Waals surface area contributed by atoms with Gasteiger partial charge in [-0.15, -0.1) is 0 Å². The Balaban J connectivity index is 1.71. The molecule has 19 heavy (non-hydrogen) atoms. The summed E-state index contributed by atoms with van der Waals surface area (Å²) in [6.07, 6.45) is 2.37. The van der Waals surface area contributed by atoms with E-state index in [9.17, 15) is 0 Å². The molecule has 1 saturated heterocycles. The third kappa shape index (κ3) is 4.51. The van der Waals surface area contributed by atoms with Crippen molar-refractivity contribution in [3.05, 3.63) is 29.3 Å². The van der Waals surface area contributed by atoms with Crippen LogP contribution >= 0.6 is 0 Å². The lowest BCUT2D eigenvalue weighted by molar-refractivity contribution is 0.242. The standard InChI is InChI=1S/C16H26N2O/c1-14-6-3-7-15(2)16(14)19-13-5-11-18-10-4-8-17-9-12-18/h3,6-7,17H,4-5,8-13H2,1-2H3. The number of aryl methyl sites for hydroxylation is 2. The highest BCUT2D eigenvalue weighted by Gasteiger charge is 2.08. The number of ether oxygens (including phenoxy) is 1. The topological polar surface area (TPSA) is 24.5 Å². The van der Waals surface area contributed by atoms with Crippen LogP contribution in [0.1, 0.15) is 24.0 Å². The molecule has 0 radical (unpaired) electrons. The maximum absolute atomic E-state index is 5.95. The van der Waals surface area contributed by atoms with Gasteiger partial charge in [-0.2, -0.15) is 0 Å². The van der Waals surface area contributed by atoms with Gasteiger partial charge in [-0.25, -0.2) is 0 Å². The quantitative estimate of drug-likeness (QED) is 0.825. The van der Waals surface area contributed by atoms with Gasteiger partial charge < -0.3 is 15.0 Å². The van der Waals surface area contributed by atoms with Gasteiger partial charge in [0.1, 0.15) is 5.75 Å². The second-order valence-electron chi connectivity index (χ2n) is 5.37. The SMILES string of the molecule is Cc1cccc(C)c1OCCCN1CCCNCC1. The zero-order valence-electron chi connectivity index (χ0n) is 12.2. The fourth-order valence-corrected chi connectivity index (χ4v) is 2.61. The third-order valence-electron chi connectivity index (χ3n) is 3.71. The first-order chi connectivity index (χ1) is 9.27. The van der Waals surface area contributed by atoms with Crippen LogP contribution in [-0.4, -0.2) is 44.2 Å². The van der Waals surface area contributed by atoms with Crippen LogP contribution in [0.5, 0.6) is 5.75 Å². The predicted molar refractivity (Wildman–Crippen MR) is 80.0 cm³/mol. The van der Waals surface area contributed by atoms with E-state index in [1.165, 1.54) is 30.6 Å². The first-order valence-electron chi connectivity index (χ1n) is 7.39. The Labute approximate surface area is 116 Å². The summed E-state index contributed by atoms with van der Waals surface area (Å²) in [5.41, 5.74) is 2.47. The molecule has 1 aliphatic rings. The molecule has 0 aliphatic carbocycles. The summed E-state index contributed by atoms with van der Waals surface area (Å²) in [5, 5.41) is 3.44.